The van der Waals surface area contributed by atoms with Crippen LogP contribution in [0.25, 0.3) is 0 Å². The van der Waals surface area contributed by atoms with Gasteiger partial charge in [0.15, 0.2) is 18.2 Å². The van der Waals surface area contributed by atoms with Gasteiger partial charge in [0, 0.05) is 5.69 Å². The summed E-state index contributed by atoms with van der Waals surface area (Å²) in [5.41, 5.74) is 0.917. The number of amides is 1. The van der Waals surface area contributed by atoms with Gasteiger partial charge in [-0.05, 0) is 36.4 Å². The molecule has 0 atom stereocenters. The van der Waals surface area contributed by atoms with Gasteiger partial charge >= 0.3 is 0 Å². The number of nitrogens with zero attached hydrogens (tertiary/aromatic N) is 2. The summed E-state index contributed by atoms with van der Waals surface area (Å²) in [4.78, 5) is 11.8. The van der Waals surface area contributed by atoms with Crippen molar-refractivity contribution in [1.82, 2.24) is 10.2 Å². The van der Waals surface area contributed by atoms with Crippen molar-refractivity contribution in [2.24, 2.45) is 0 Å². The van der Waals surface area contributed by atoms with E-state index in [9.17, 15) is 4.79 Å². The summed E-state index contributed by atoms with van der Waals surface area (Å²) in [7, 11) is 0. The van der Waals surface area contributed by atoms with Crippen LogP contribution in [0.3, 0.4) is 0 Å². The maximum atomic E-state index is 11.8. The maximum Gasteiger partial charge on any atom is 0.263 e. The van der Waals surface area contributed by atoms with Crippen LogP contribution in [0.1, 0.15) is 0 Å². The molecular weight excluding hydrogens is 304 g/mol. The molecule has 120 valence electrons. The van der Waals surface area contributed by atoms with Gasteiger partial charge in [-0.3, -0.25) is 4.79 Å². The Morgan fingerprint density at radius 3 is 2.12 bits per heavy atom. The fourth-order valence-electron chi connectivity index (χ4n) is 1.98. The fraction of sp³-hybridized carbons (Fsp3) is 0.0556. The van der Waals surface area contributed by atoms with Gasteiger partial charge in [0.2, 0.25) is 0 Å². The molecule has 0 bridgehead atoms. The van der Waals surface area contributed by atoms with Crippen molar-refractivity contribution in [3.8, 4) is 5.75 Å². The molecule has 1 heterocycles. The quantitative estimate of drug-likeness (QED) is 0.729. The monoisotopic (exact) mass is 320 g/mol. The van der Waals surface area contributed by atoms with Crippen molar-refractivity contribution < 1.29 is 9.53 Å². The molecule has 0 aliphatic heterocycles. The van der Waals surface area contributed by atoms with Crippen LogP contribution in [0.2, 0.25) is 0 Å². The molecule has 6 heteroatoms. The van der Waals surface area contributed by atoms with Crippen LogP contribution in [0.5, 0.6) is 5.75 Å². The molecule has 24 heavy (non-hydrogen) atoms. The normalized spacial score (nSPS) is 10.0. The van der Waals surface area contributed by atoms with Crippen LogP contribution < -0.4 is 15.4 Å². The Morgan fingerprint density at radius 1 is 0.833 bits per heavy atom. The summed E-state index contributed by atoms with van der Waals surface area (Å²) in [5.74, 6) is 1.31. The van der Waals surface area contributed by atoms with Gasteiger partial charge in [-0.15, -0.1) is 10.2 Å². The van der Waals surface area contributed by atoms with Crippen molar-refractivity contribution in [2.75, 3.05) is 17.2 Å². The molecule has 0 fully saturated rings. The average Bonchev–Trinajstić information content (AvgIpc) is 2.63. The second kappa shape index (κ2) is 7.73. The molecule has 0 saturated heterocycles. The number of benzene rings is 2. The molecule has 1 aromatic heterocycles. The van der Waals surface area contributed by atoms with Crippen LogP contribution in [0.15, 0.2) is 72.8 Å². The second-order valence-electron chi connectivity index (χ2n) is 4.94. The first-order chi connectivity index (χ1) is 11.8. The zero-order valence-corrected chi connectivity index (χ0v) is 12.8. The number of nitrogens with one attached hydrogen (secondary N) is 2. The highest BCUT2D eigenvalue weighted by Crippen LogP contribution is 2.14. The van der Waals surface area contributed by atoms with Gasteiger partial charge in [-0.25, -0.2) is 0 Å². The van der Waals surface area contributed by atoms with Gasteiger partial charge in [0.1, 0.15) is 5.75 Å². The van der Waals surface area contributed by atoms with Gasteiger partial charge in [0.05, 0.1) is 0 Å². The molecule has 0 aliphatic carbocycles. The van der Waals surface area contributed by atoms with Gasteiger partial charge < -0.3 is 15.4 Å². The number of hydrogen-bond donors (Lipinski definition) is 2. The third-order valence-corrected chi connectivity index (χ3v) is 3.09. The molecule has 0 aliphatic rings. The van der Waals surface area contributed by atoms with Crippen molar-refractivity contribution in [1.29, 1.82) is 0 Å². The number of para-hydroxylation sites is 2. The third kappa shape index (κ3) is 4.54. The summed E-state index contributed by atoms with van der Waals surface area (Å²) in [6.07, 6.45) is 0. The number of rotatable bonds is 6. The van der Waals surface area contributed by atoms with E-state index in [4.69, 9.17) is 4.74 Å². The highest BCUT2D eigenvalue weighted by molar-refractivity contribution is 5.90. The highest BCUT2D eigenvalue weighted by Gasteiger charge is 2.05. The van der Waals surface area contributed by atoms with E-state index in [-0.39, 0.29) is 12.5 Å². The lowest BCUT2D eigenvalue weighted by Gasteiger charge is -2.07. The first-order valence-electron chi connectivity index (χ1n) is 7.43. The molecule has 1 amide bonds. The fourth-order valence-corrected chi connectivity index (χ4v) is 1.98. The topological polar surface area (TPSA) is 76.1 Å². The van der Waals surface area contributed by atoms with Gasteiger partial charge in [-0.2, -0.15) is 0 Å². The van der Waals surface area contributed by atoms with E-state index < -0.39 is 0 Å². The summed E-state index contributed by atoms with van der Waals surface area (Å²) >= 11 is 0. The Bertz CT molecular complexity index is 777. The number of carbonyl (C=O) groups excluding carboxylic acids is 1. The summed E-state index contributed by atoms with van der Waals surface area (Å²) < 4.78 is 5.37. The lowest BCUT2D eigenvalue weighted by molar-refractivity contribution is -0.118. The predicted molar refractivity (Wildman–Crippen MR) is 92.3 cm³/mol. The van der Waals surface area contributed by atoms with Crippen molar-refractivity contribution >= 4 is 23.2 Å². The lowest BCUT2D eigenvalue weighted by atomic mass is 10.3. The summed E-state index contributed by atoms with van der Waals surface area (Å²) in [5, 5.41) is 13.8. The summed E-state index contributed by atoms with van der Waals surface area (Å²) in [6.45, 7) is -0.0876. The summed E-state index contributed by atoms with van der Waals surface area (Å²) in [6, 6.07) is 22.2. The van der Waals surface area contributed by atoms with Gasteiger partial charge in [0.25, 0.3) is 5.91 Å². The molecular formula is C18H16N4O2. The Morgan fingerprint density at radius 2 is 1.46 bits per heavy atom. The van der Waals surface area contributed by atoms with E-state index in [0.717, 1.165) is 5.69 Å². The van der Waals surface area contributed by atoms with E-state index in [1.54, 1.807) is 24.3 Å². The second-order valence-corrected chi connectivity index (χ2v) is 4.94. The number of anilines is 3. The molecule has 0 radical (unpaired) electrons. The minimum Gasteiger partial charge on any atom is -0.484 e. The third-order valence-electron chi connectivity index (χ3n) is 3.09. The Balaban J connectivity index is 1.51. The van der Waals surface area contributed by atoms with Crippen LogP contribution in [-0.4, -0.2) is 22.7 Å². The van der Waals surface area contributed by atoms with E-state index in [1.165, 1.54) is 0 Å². The highest BCUT2D eigenvalue weighted by atomic mass is 16.5. The van der Waals surface area contributed by atoms with Crippen LogP contribution in [0.4, 0.5) is 17.3 Å². The predicted octanol–water partition coefficient (Wildman–Crippen LogP) is 3.24. The molecule has 0 unspecified atom stereocenters. The Kier molecular flexibility index (Phi) is 4.99. The molecule has 3 aromatic rings. The zero-order valence-electron chi connectivity index (χ0n) is 12.8. The zero-order chi connectivity index (χ0) is 16.6. The first kappa shape index (κ1) is 15.5. The van der Waals surface area contributed by atoms with Gasteiger partial charge in [-0.1, -0.05) is 36.4 Å². The van der Waals surface area contributed by atoms with E-state index in [1.807, 2.05) is 48.5 Å². The lowest BCUT2D eigenvalue weighted by Crippen LogP contribution is -2.21. The van der Waals surface area contributed by atoms with Crippen LogP contribution in [-0.2, 0) is 4.79 Å². The van der Waals surface area contributed by atoms with Crippen molar-refractivity contribution in [2.45, 2.75) is 0 Å². The number of hydrogen-bond acceptors (Lipinski definition) is 5. The number of aromatic nitrogens is 2. The van der Waals surface area contributed by atoms with Crippen molar-refractivity contribution in [3.05, 3.63) is 72.8 Å². The minimum absolute atomic E-state index is 0.0876. The molecule has 2 aromatic carbocycles. The standard InChI is InChI=1S/C18H16N4O2/c23-18(13-24-15-9-5-2-6-10-15)20-17-12-11-16(21-22-17)19-14-7-3-1-4-8-14/h1-12H,13H2,(H,19,21)(H,20,22,23). The van der Waals surface area contributed by atoms with E-state index in [2.05, 4.69) is 20.8 Å². The SMILES string of the molecule is O=C(COc1ccccc1)Nc1ccc(Nc2ccccc2)nn1. The molecule has 0 spiro atoms. The molecule has 2 N–H and O–H groups in total. The molecule has 3 rings (SSSR count). The minimum atomic E-state index is -0.295. The van der Waals surface area contributed by atoms with Crippen LogP contribution in [0, 0.1) is 0 Å². The molecule has 0 saturated carbocycles. The molecule has 6 nitrogen and oxygen atoms in total. The smallest absolute Gasteiger partial charge is 0.263 e. The largest absolute Gasteiger partial charge is 0.484 e. The average molecular weight is 320 g/mol. The van der Waals surface area contributed by atoms with Crippen LogP contribution >= 0.6 is 0 Å². The number of ether oxygens (including phenoxy) is 1. The Hall–Kier alpha value is -3.41. The Labute approximate surface area is 139 Å². The van der Waals surface area contributed by atoms with E-state index in [0.29, 0.717) is 17.4 Å². The maximum absolute atomic E-state index is 11.8. The van der Waals surface area contributed by atoms with E-state index >= 15 is 0 Å². The number of carbonyl (C=O) groups is 1. The first-order valence-corrected chi connectivity index (χ1v) is 7.43. The van der Waals surface area contributed by atoms with Crippen molar-refractivity contribution in [3.63, 3.8) is 0 Å².